The Hall–Kier alpha value is -2.50. The second-order valence-electron chi connectivity index (χ2n) is 5.47. The van der Waals surface area contributed by atoms with E-state index in [2.05, 4.69) is 32.7 Å². The average Bonchev–Trinajstić information content (AvgIpc) is 3.20. The van der Waals surface area contributed by atoms with Gasteiger partial charge in [-0.15, -0.1) is 0 Å². The van der Waals surface area contributed by atoms with Crippen molar-refractivity contribution >= 4 is 11.7 Å². The molecule has 1 aromatic carbocycles. The number of anilines is 1. The molecule has 0 saturated carbocycles. The van der Waals surface area contributed by atoms with Crippen LogP contribution in [0, 0.1) is 0 Å². The number of hydrogen-bond donors (Lipinski definition) is 2. The Labute approximate surface area is 130 Å². The second kappa shape index (κ2) is 6.98. The maximum absolute atomic E-state index is 11.9. The molecule has 1 aromatic heterocycles. The van der Waals surface area contributed by atoms with Crippen LogP contribution in [-0.4, -0.2) is 41.3 Å². The lowest BCUT2D eigenvalue weighted by atomic mass is 10.3. The number of rotatable bonds is 5. The molecule has 6 heteroatoms. The minimum Gasteiger partial charge on any atom is -0.369 e. The van der Waals surface area contributed by atoms with E-state index in [1.54, 1.807) is 12.5 Å². The Bertz CT molecular complexity index is 584. The van der Waals surface area contributed by atoms with Crippen LogP contribution in [0.4, 0.5) is 10.5 Å². The summed E-state index contributed by atoms with van der Waals surface area (Å²) in [7, 11) is 0. The molecular formula is C16H21N5O. The average molecular weight is 299 g/mol. The molecule has 6 nitrogen and oxygen atoms in total. The van der Waals surface area contributed by atoms with Crippen molar-refractivity contribution < 1.29 is 4.79 Å². The highest BCUT2D eigenvalue weighted by Gasteiger charge is 2.23. The fraction of sp³-hybridized carbons (Fsp3) is 0.375. The summed E-state index contributed by atoms with van der Waals surface area (Å²) >= 11 is 0. The number of carbonyl (C=O) groups excluding carboxylic acids is 1. The summed E-state index contributed by atoms with van der Waals surface area (Å²) in [6.07, 6.45) is 6.34. The third kappa shape index (κ3) is 3.78. The number of carbonyl (C=O) groups is 1. The molecule has 1 aliphatic rings. The van der Waals surface area contributed by atoms with Crippen LogP contribution in [0.25, 0.3) is 0 Å². The van der Waals surface area contributed by atoms with Crippen LogP contribution in [0.15, 0.2) is 49.1 Å². The van der Waals surface area contributed by atoms with E-state index in [4.69, 9.17) is 0 Å². The summed E-state index contributed by atoms with van der Waals surface area (Å²) in [6.45, 7) is 3.16. The van der Waals surface area contributed by atoms with Crippen LogP contribution in [0.3, 0.4) is 0 Å². The van der Waals surface area contributed by atoms with Gasteiger partial charge in [0, 0.05) is 50.3 Å². The van der Waals surface area contributed by atoms with Crippen LogP contribution < -0.4 is 15.5 Å². The Morgan fingerprint density at radius 2 is 2.18 bits per heavy atom. The standard InChI is InChI=1S/C16H21N5O/c22-16(18-8-11-20-10-7-17-13-20)19-14-6-9-21(12-14)15-4-2-1-3-5-15/h1-5,7,10,13-14H,6,8-9,11-12H2,(H2,18,19,22)/t14-/m1/s1. The zero-order valence-electron chi connectivity index (χ0n) is 12.5. The first kappa shape index (κ1) is 14.4. The van der Waals surface area contributed by atoms with E-state index in [0.717, 1.165) is 26.1 Å². The van der Waals surface area contributed by atoms with E-state index < -0.39 is 0 Å². The fourth-order valence-electron chi connectivity index (χ4n) is 2.71. The normalized spacial score (nSPS) is 17.5. The van der Waals surface area contributed by atoms with E-state index in [9.17, 15) is 4.79 Å². The van der Waals surface area contributed by atoms with Gasteiger partial charge in [0.2, 0.25) is 0 Å². The van der Waals surface area contributed by atoms with Gasteiger partial charge in [0.1, 0.15) is 0 Å². The summed E-state index contributed by atoms with van der Waals surface area (Å²) < 4.78 is 1.94. The minimum atomic E-state index is -0.0972. The third-order valence-corrected chi connectivity index (χ3v) is 3.86. The monoisotopic (exact) mass is 299 g/mol. The summed E-state index contributed by atoms with van der Waals surface area (Å²) in [5, 5.41) is 5.93. The Morgan fingerprint density at radius 3 is 2.95 bits per heavy atom. The third-order valence-electron chi connectivity index (χ3n) is 3.86. The number of amides is 2. The molecule has 1 aliphatic heterocycles. The lowest BCUT2D eigenvalue weighted by Gasteiger charge is -2.19. The van der Waals surface area contributed by atoms with Gasteiger partial charge in [-0.25, -0.2) is 9.78 Å². The first-order chi connectivity index (χ1) is 10.8. The number of nitrogens with zero attached hydrogens (tertiary/aromatic N) is 3. The van der Waals surface area contributed by atoms with Gasteiger partial charge in [-0.05, 0) is 18.6 Å². The van der Waals surface area contributed by atoms with Crippen LogP contribution in [0.1, 0.15) is 6.42 Å². The molecule has 0 aliphatic carbocycles. The van der Waals surface area contributed by atoms with Crippen molar-refractivity contribution in [2.45, 2.75) is 19.0 Å². The molecule has 0 unspecified atom stereocenters. The predicted molar refractivity (Wildman–Crippen MR) is 85.8 cm³/mol. The maximum atomic E-state index is 11.9. The first-order valence-corrected chi connectivity index (χ1v) is 7.61. The number of imidazole rings is 1. The van der Waals surface area contributed by atoms with Gasteiger partial charge in [0.05, 0.1) is 6.33 Å². The Balaban J connectivity index is 1.39. The molecule has 0 bridgehead atoms. The quantitative estimate of drug-likeness (QED) is 0.878. The van der Waals surface area contributed by atoms with E-state index in [1.165, 1.54) is 5.69 Å². The molecule has 2 amide bonds. The molecule has 1 atom stereocenters. The number of hydrogen-bond acceptors (Lipinski definition) is 3. The summed E-state index contributed by atoms with van der Waals surface area (Å²) in [5.41, 5.74) is 1.22. The predicted octanol–water partition coefficient (Wildman–Crippen LogP) is 1.46. The van der Waals surface area contributed by atoms with Gasteiger partial charge >= 0.3 is 6.03 Å². The SMILES string of the molecule is O=C(NCCn1ccnc1)N[C@@H]1CCN(c2ccccc2)C1. The maximum Gasteiger partial charge on any atom is 0.315 e. The van der Waals surface area contributed by atoms with Gasteiger partial charge in [0.15, 0.2) is 0 Å². The van der Waals surface area contributed by atoms with Gasteiger partial charge in [-0.2, -0.15) is 0 Å². The minimum absolute atomic E-state index is 0.0972. The molecule has 1 fully saturated rings. The summed E-state index contributed by atoms with van der Waals surface area (Å²) in [4.78, 5) is 18.2. The summed E-state index contributed by atoms with van der Waals surface area (Å²) in [5.74, 6) is 0. The fourth-order valence-corrected chi connectivity index (χ4v) is 2.71. The van der Waals surface area contributed by atoms with Crippen LogP contribution in [0.5, 0.6) is 0 Å². The summed E-state index contributed by atoms with van der Waals surface area (Å²) in [6, 6.07) is 10.4. The molecule has 1 saturated heterocycles. The highest BCUT2D eigenvalue weighted by molar-refractivity contribution is 5.74. The number of para-hydroxylation sites is 1. The number of aromatic nitrogens is 2. The van der Waals surface area contributed by atoms with E-state index in [-0.39, 0.29) is 12.1 Å². The highest BCUT2D eigenvalue weighted by atomic mass is 16.2. The second-order valence-corrected chi connectivity index (χ2v) is 5.47. The van der Waals surface area contributed by atoms with Crippen LogP contribution in [-0.2, 0) is 6.54 Å². The van der Waals surface area contributed by atoms with Gasteiger partial charge < -0.3 is 20.1 Å². The van der Waals surface area contributed by atoms with Crippen molar-refractivity contribution in [3.05, 3.63) is 49.1 Å². The highest BCUT2D eigenvalue weighted by Crippen LogP contribution is 2.19. The zero-order valence-corrected chi connectivity index (χ0v) is 12.5. The Morgan fingerprint density at radius 1 is 1.32 bits per heavy atom. The zero-order chi connectivity index (χ0) is 15.2. The molecule has 2 aromatic rings. The van der Waals surface area contributed by atoms with Crippen LogP contribution >= 0.6 is 0 Å². The van der Waals surface area contributed by atoms with Crippen LogP contribution in [0.2, 0.25) is 0 Å². The van der Waals surface area contributed by atoms with Gasteiger partial charge in [-0.3, -0.25) is 0 Å². The molecule has 2 N–H and O–H groups in total. The van der Waals surface area contributed by atoms with E-state index >= 15 is 0 Å². The van der Waals surface area contributed by atoms with Gasteiger partial charge in [-0.1, -0.05) is 18.2 Å². The molecule has 0 radical (unpaired) electrons. The molecular weight excluding hydrogens is 278 g/mol. The van der Waals surface area contributed by atoms with Crippen molar-refractivity contribution in [1.29, 1.82) is 0 Å². The van der Waals surface area contributed by atoms with Crippen molar-refractivity contribution in [2.75, 3.05) is 24.5 Å². The lowest BCUT2D eigenvalue weighted by molar-refractivity contribution is 0.237. The topological polar surface area (TPSA) is 62.2 Å². The largest absolute Gasteiger partial charge is 0.369 e. The number of nitrogens with one attached hydrogen (secondary N) is 2. The first-order valence-electron chi connectivity index (χ1n) is 7.61. The van der Waals surface area contributed by atoms with Crippen molar-refractivity contribution in [1.82, 2.24) is 20.2 Å². The lowest BCUT2D eigenvalue weighted by Crippen LogP contribution is -2.44. The molecule has 116 valence electrons. The van der Waals surface area contributed by atoms with Gasteiger partial charge in [0.25, 0.3) is 0 Å². The molecule has 3 rings (SSSR count). The Kier molecular flexibility index (Phi) is 4.58. The van der Waals surface area contributed by atoms with Crippen molar-refractivity contribution in [2.24, 2.45) is 0 Å². The molecule has 22 heavy (non-hydrogen) atoms. The van der Waals surface area contributed by atoms with E-state index in [1.807, 2.05) is 29.0 Å². The number of benzene rings is 1. The number of urea groups is 1. The smallest absolute Gasteiger partial charge is 0.315 e. The van der Waals surface area contributed by atoms with E-state index in [0.29, 0.717) is 6.54 Å². The molecule has 0 spiro atoms. The molecule has 2 heterocycles. The van der Waals surface area contributed by atoms with Crippen molar-refractivity contribution in [3.8, 4) is 0 Å². The van der Waals surface area contributed by atoms with Crippen molar-refractivity contribution in [3.63, 3.8) is 0 Å².